The van der Waals surface area contributed by atoms with E-state index in [0.717, 1.165) is 24.0 Å². The normalized spacial score (nSPS) is 16.3. The van der Waals surface area contributed by atoms with E-state index in [0.29, 0.717) is 0 Å². The summed E-state index contributed by atoms with van der Waals surface area (Å²) in [6.07, 6.45) is 5.40. The molecule has 0 amide bonds. The van der Waals surface area contributed by atoms with E-state index >= 15 is 0 Å². The molecule has 1 aromatic carbocycles. The maximum absolute atomic E-state index is 5.61. The molecule has 0 saturated heterocycles. The molecular formula is C12H17NO. The van der Waals surface area contributed by atoms with E-state index in [-0.39, 0.29) is 0 Å². The molecule has 76 valence electrons. The zero-order valence-electron chi connectivity index (χ0n) is 8.41. The number of nitrogens with two attached hydrogens (primary N) is 1. The van der Waals surface area contributed by atoms with Gasteiger partial charge in [0.2, 0.25) is 0 Å². The first-order valence-corrected chi connectivity index (χ1v) is 5.33. The van der Waals surface area contributed by atoms with Gasteiger partial charge >= 0.3 is 0 Å². The van der Waals surface area contributed by atoms with Gasteiger partial charge < -0.3 is 10.5 Å². The Balaban J connectivity index is 1.71. The average Bonchev–Trinajstić information content (AvgIpc) is 2.12. The molecule has 0 spiro atoms. The van der Waals surface area contributed by atoms with Crippen LogP contribution in [0.1, 0.15) is 25.7 Å². The Morgan fingerprint density at radius 2 is 1.93 bits per heavy atom. The Hall–Kier alpha value is -1.18. The van der Waals surface area contributed by atoms with Crippen LogP contribution in [0.3, 0.4) is 0 Å². The maximum Gasteiger partial charge on any atom is 0.119 e. The van der Waals surface area contributed by atoms with Gasteiger partial charge in [0.25, 0.3) is 0 Å². The third kappa shape index (κ3) is 2.41. The minimum Gasteiger partial charge on any atom is -0.494 e. The Morgan fingerprint density at radius 3 is 2.50 bits per heavy atom. The van der Waals surface area contributed by atoms with E-state index in [9.17, 15) is 0 Å². The van der Waals surface area contributed by atoms with Crippen molar-refractivity contribution in [3.63, 3.8) is 0 Å². The maximum atomic E-state index is 5.61. The van der Waals surface area contributed by atoms with Crippen molar-refractivity contribution in [1.82, 2.24) is 0 Å². The van der Waals surface area contributed by atoms with Gasteiger partial charge in [-0.3, -0.25) is 0 Å². The van der Waals surface area contributed by atoms with Gasteiger partial charge in [-0.2, -0.15) is 0 Å². The molecule has 14 heavy (non-hydrogen) atoms. The second-order valence-corrected chi connectivity index (χ2v) is 4.00. The van der Waals surface area contributed by atoms with Crippen molar-refractivity contribution < 1.29 is 4.74 Å². The van der Waals surface area contributed by atoms with E-state index in [4.69, 9.17) is 10.5 Å². The first-order valence-electron chi connectivity index (χ1n) is 5.33. The van der Waals surface area contributed by atoms with E-state index in [1.807, 2.05) is 24.3 Å². The van der Waals surface area contributed by atoms with Crippen LogP contribution in [0, 0.1) is 5.92 Å². The second kappa shape index (κ2) is 4.36. The van der Waals surface area contributed by atoms with E-state index in [1.165, 1.54) is 25.7 Å². The molecule has 0 aliphatic heterocycles. The van der Waals surface area contributed by atoms with Crippen LogP contribution in [-0.2, 0) is 0 Å². The SMILES string of the molecule is Nc1ccc(OCCC2CCC2)cc1. The quantitative estimate of drug-likeness (QED) is 0.743. The second-order valence-electron chi connectivity index (χ2n) is 4.00. The van der Waals surface area contributed by atoms with Crippen LogP contribution in [0.15, 0.2) is 24.3 Å². The lowest BCUT2D eigenvalue weighted by atomic mass is 9.83. The Morgan fingerprint density at radius 1 is 1.21 bits per heavy atom. The van der Waals surface area contributed by atoms with Crippen molar-refractivity contribution in [3.8, 4) is 5.75 Å². The number of hydrogen-bond donors (Lipinski definition) is 1. The Bertz CT molecular complexity index is 277. The summed E-state index contributed by atoms with van der Waals surface area (Å²) in [5.74, 6) is 1.85. The van der Waals surface area contributed by atoms with E-state index < -0.39 is 0 Å². The molecule has 2 nitrogen and oxygen atoms in total. The first-order chi connectivity index (χ1) is 6.84. The van der Waals surface area contributed by atoms with Crippen LogP contribution in [0.25, 0.3) is 0 Å². The highest BCUT2D eigenvalue weighted by Gasteiger charge is 2.16. The zero-order valence-corrected chi connectivity index (χ0v) is 8.41. The van der Waals surface area contributed by atoms with Gasteiger partial charge in [-0.05, 0) is 36.6 Å². The highest BCUT2D eigenvalue weighted by atomic mass is 16.5. The number of anilines is 1. The molecule has 0 aromatic heterocycles. The molecule has 1 aliphatic rings. The van der Waals surface area contributed by atoms with Crippen molar-refractivity contribution in [3.05, 3.63) is 24.3 Å². The van der Waals surface area contributed by atoms with E-state index in [2.05, 4.69) is 0 Å². The monoisotopic (exact) mass is 191 g/mol. The first kappa shape index (κ1) is 9.38. The minimum atomic E-state index is 0.788. The standard InChI is InChI=1S/C12H17NO/c13-11-4-6-12(7-5-11)14-9-8-10-2-1-3-10/h4-7,10H,1-3,8-9,13H2. The molecule has 0 atom stereocenters. The van der Waals surface area contributed by atoms with Crippen molar-refractivity contribution in [1.29, 1.82) is 0 Å². The van der Waals surface area contributed by atoms with E-state index in [1.54, 1.807) is 0 Å². The number of rotatable bonds is 4. The van der Waals surface area contributed by atoms with Gasteiger partial charge in [-0.1, -0.05) is 19.3 Å². The molecular weight excluding hydrogens is 174 g/mol. The molecule has 1 fully saturated rings. The third-order valence-corrected chi connectivity index (χ3v) is 2.90. The van der Waals surface area contributed by atoms with Gasteiger partial charge in [0.15, 0.2) is 0 Å². The zero-order chi connectivity index (χ0) is 9.80. The van der Waals surface area contributed by atoms with Crippen LogP contribution in [0.5, 0.6) is 5.75 Å². The van der Waals surface area contributed by atoms with Gasteiger partial charge in [0.05, 0.1) is 6.61 Å². The summed E-state index contributed by atoms with van der Waals surface area (Å²) >= 11 is 0. The Kier molecular flexibility index (Phi) is 2.92. The van der Waals surface area contributed by atoms with Crippen LogP contribution in [0.4, 0.5) is 5.69 Å². The molecule has 1 aromatic rings. The fraction of sp³-hybridized carbons (Fsp3) is 0.500. The Labute approximate surface area is 85.1 Å². The molecule has 0 heterocycles. The van der Waals surface area contributed by atoms with Gasteiger partial charge in [0, 0.05) is 5.69 Å². The molecule has 0 radical (unpaired) electrons. The molecule has 2 N–H and O–H groups in total. The molecule has 2 heteroatoms. The van der Waals surface area contributed by atoms with Crippen molar-refractivity contribution in [2.24, 2.45) is 5.92 Å². The smallest absolute Gasteiger partial charge is 0.119 e. The average molecular weight is 191 g/mol. The largest absolute Gasteiger partial charge is 0.494 e. The number of nitrogen functional groups attached to an aromatic ring is 1. The van der Waals surface area contributed by atoms with Gasteiger partial charge in [-0.15, -0.1) is 0 Å². The van der Waals surface area contributed by atoms with Crippen molar-refractivity contribution in [2.75, 3.05) is 12.3 Å². The molecule has 1 saturated carbocycles. The number of benzene rings is 1. The minimum absolute atomic E-state index is 0.788. The lowest BCUT2D eigenvalue weighted by Crippen LogP contribution is -2.14. The summed E-state index contributed by atoms with van der Waals surface area (Å²) < 4.78 is 5.61. The number of hydrogen-bond acceptors (Lipinski definition) is 2. The summed E-state index contributed by atoms with van der Waals surface area (Å²) in [4.78, 5) is 0. The molecule has 0 bridgehead atoms. The summed E-state index contributed by atoms with van der Waals surface area (Å²) in [7, 11) is 0. The van der Waals surface area contributed by atoms with Crippen LogP contribution < -0.4 is 10.5 Å². The van der Waals surface area contributed by atoms with Crippen molar-refractivity contribution >= 4 is 5.69 Å². The van der Waals surface area contributed by atoms with Crippen LogP contribution in [-0.4, -0.2) is 6.61 Å². The fourth-order valence-electron chi connectivity index (χ4n) is 1.69. The lowest BCUT2D eigenvalue weighted by molar-refractivity contribution is 0.222. The highest BCUT2D eigenvalue weighted by molar-refractivity contribution is 5.41. The molecule has 0 unspecified atom stereocenters. The predicted molar refractivity (Wildman–Crippen MR) is 58.3 cm³/mol. The highest BCUT2D eigenvalue weighted by Crippen LogP contribution is 2.29. The molecule has 1 aliphatic carbocycles. The molecule has 2 rings (SSSR count). The van der Waals surface area contributed by atoms with Crippen molar-refractivity contribution in [2.45, 2.75) is 25.7 Å². The summed E-state index contributed by atoms with van der Waals surface area (Å²) in [5.41, 5.74) is 6.37. The third-order valence-electron chi connectivity index (χ3n) is 2.90. The summed E-state index contributed by atoms with van der Waals surface area (Å²) in [6, 6.07) is 7.60. The summed E-state index contributed by atoms with van der Waals surface area (Å²) in [6.45, 7) is 0.842. The topological polar surface area (TPSA) is 35.2 Å². The van der Waals surface area contributed by atoms with Gasteiger partial charge in [0.1, 0.15) is 5.75 Å². The predicted octanol–water partition coefficient (Wildman–Crippen LogP) is 2.84. The fourth-order valence-corrected chi connectivity index (χ4v) is 1.69. The number of ether oxygens (including phenoxy) is 1. The van der Waals surface area contributed by atoms with Crippen LogP contribution in [0.2, 0.25) is 0 Å². The van der Waals surface area contributed by atoms with Gasteiger partial charge in [-0.25, -0.2) is 0 Å². The summed E-state index contributed by atoms with van der Waals surface area (Å²) in [5, 5.41) is 0. The lowest BCUT2D eigenvalue weighted by Gasteiger charge is -2.24. The van der Waals surface area contributed by atoms with Crippen LogP contribution >= 0.6 is 0 Å².